The van der Waals surface area contributed by atoms with Gasteiger partial charge in [0.25, 0.3) is 0 Å². The largest absolute Gasteiger partial charge is 0.314 e. The highest BCUT2D eigenvalue weighted by molar-refractivity contribution is 4.91. The van der Waals surface area contributed by atoms with Crippen molar-refractivity contribution in [3.8, 4) is 0 Å². The minimum absolute atomic E-state index is 0.515. The molecule has 0 aliphatic heterocycles. The van der Waals surface area contributed by atoms with E-state index >= 15 is 0 Å². The Morgan fingerprint density at radius 1 is 0.680 bits per heavy atom. The van der Waals surface area contributed by atoms with Crippen LogP contribution in [0, 0.1) is 0 Å². The van der Waals surface area contributed by atoms with Crippen molar-refractivity contribution in [1.82, 2.24) is 5.32 Å². The Kier molecular flexibility index (Phi) is 14.5. The Labute approximate surface area is 159 Å². The van der Waals surface area contributed by atoms with E-state index < -0.39 is 0 Å². The number of hydrogen-bond donors (Lipinski definition) is 1. The van der Waals surface area contributed by atoms with Crippen molar-refractivity contribution >= 4 is 0 Å². The van der Waals surface area contributed by atoms with Crippen LogP contribution in [0.25, 0.3) is 0 Å². The summed E-state index contributed by atoms with van der Waals surface area (Å²) in [5, 5.41) is 3.62. The maximum Gasteiger partial charge on any atom is 0.0178 e. The van der Waals surface area contributed by atoms with E-state index in [0.29, 0.717) is 5.54 Å². The van der Waals surface area contributed by atoms with E-state index in [1.165, 1.54) is 122 Å². The van der Waals surface area contributed by atoms with Gasteiger partial charge in [-0.05, 0) is 52.0 Å². The molecule has 25 heavy (non-hydrogen) atoms. The van der Waals surface area contributed by atoms with Gasteiger partial charge in [-0.15, -0.1) is 0 Å². The average Bonchev–Trinajstić information content (AvgIpc) is 3.11. The lowest BCUT2D eigenvalue weighted by Crippen LogP contribution is -2.39. The van der Waals surface area contributed by atoms with E-state index in [4.69, 9.17) is 0 Å². The molecule has 1 fully saturated rings. The second-order valence-corrected chi connectivity index (χ2v) is 8.43. The number of hydrogen-bond acceptors (Lipinski definition) is 1. The van der Waals surface area contributed by atoms with Gasteiger partial charge in [0.05, 0.1) is 0 Å². The Morgan fingerprint density at radius 2 is 1.16 bits per heavy atom. The molecule has 0 spiro atoms. The van der Waals surface area contributed by atoms with Gasteiger partial charge >= 0.3 is 0 Å². The van der Waals surface area contributed by atoms with Crippen molar-refractivity contribution in [3.63, 3.8) is 0 Å². The molecule has 1 heteroatoms. The summed E-state index contributed by atoms with van der Waals surface area (Å²) in [7, 11) is 2.17. The van der Waals surface area contributed by atoms with Crippen LogP contribution in [0.1, 0.15) is 129 Å². The van der Waals surface area contributed by atoms with Crippen LogP contribution in [-0.4, -0.2) is 12.6 Å². The highest BCUT2D eigenvalue weighted by Gasteiger charge is 2.30. The maximum atomic E-state index is 3.62. The molecule has 0 amide bonds. The standard InChI is InChI=1S/C24H47N/c1-3-4-5-6-7-8-9-10-11-12-13-14-15-16-17-18-21-24(25-2)22-19-20-23-24/h10-11,25H,3-9,12-23H2,1-2H3/b11-10+. The van der Waals surface area contributed by atoms with E-state index in [9.17, 15) is 0 Å². The predicted octanol–water partition coefficient (Wildman–Crippen LogP) is 7.95. The Morgan fingerprint density at radius 3 is 1.68 bits per heavy atom. The molecule has 0 unspecified atom stereocenters. The quantitative estimate of drug-likeness (QED) is 0.207. The number of nitrogens with one attached hydrogen (secondary N) is 1. The fourth-order valence-corrected chi connectivity index (χ4v) is 4.39. The molecule has 0 radical (unpaired) electrons. The zero-order valence-electron chi connectivity index (χ0n) is 17.6. The van der Waals surface area contributed by atoms with E-state index in [0.717, 1.165) is 0 Å². The fourth-order valence-electron chi connectivity index (χ4n) is 4.39. The molecule has 1 N–H and O–H groups in total. The maximum absolute atomic E-state index is 3.62. The van der Waals surface area contributed by atoms with Gasteiger partial charge < -0.3 is 5.32 Å². The van der Waals surface area contributed by atoms with Crippen LogP contribution >= 0.6 is 0 Å². The first-order valence-electron chi connectivity index (χ1n) is 11.7. The smallest absolute Gasteiger partial charge is 0.0178 e. The monoisotopic (exact) mass is 349 g/mol. The van der Waals surface area contributed by atoms with Crippen LogP contribution in [0.3, 0.4) is 0 Å². The second kappa shape index (κ2) is 15.9. The molecule has 1 saturated carbocycles. The van der Waals surface area contributed by atoms with Gasteiger partial charge in [0.1, 0.15) is 0 Å². The molecular weight excluding hydrogens is 302 g/mol. The first kappa shape index (κ1) is 22.7. The number of unbranched alkanes of at least 4 members (excludes halogenated alkanes) is 12. The molecular formula is C24H47N. The van der Waals surface area contributed by atoms with E-state index in [-0.39, 0.29) is 0 Å². The molecule has 0 bridgehead atoms. The summed E-state index contributed by atoms with van der Waals surface area (Å²) in [5.74, 6) is 0. The third-order valence-electron chi connectivity index (χ3n) is 6.26. The van der Waals surface area contributed by atoms with Gasteiger partial charge in [-0.25, -0.2) is 0 Å². The molecule has 1 aliphatic carbocycles. The van der Waals surface area contributed by atoms with Crippen molar-refractivity contribution in [2.24, 2.45) is 0 Å². The van der Waals surface area contributed by atoms with Gasteiger partial charge in [-0.1, -0.05) is 96.1 Å². The molecule has 0 aromatic carbocycles. The highest BCUT2D eigenvalue weighted by atomic mass is 14.9. The molecule has 1 aliphatic rings. The zero-order valence-corrected chi connectivity index (χ0v) is 17.6. The van der Waals surface area contributed by atoms with Crippen molar-refractivity contribution in [2.45, 2.75) is 134 Å². The lowest BCUT2D eigenvalue weighted by molar-refractivity contribution is 0.319. The third kappa shape index (κ3) is 11.8. The van der Waals surface area contributed by atoms with Crippen LogP contribution in [0.4, 0.5) is 0 Å². The van der Waals surface area contributed by atoms with Crippen LogP contribution in [-0.2, 0) is 0 Å². The fraction of sp³-hybridized carbons (Fsp3) is 0.917. The summed E-state index contributed by atoms with van der Waals surface area (Å²) < 4.78 is 0. The summed E-state index contributed by atoms with van der Waals surface area (Å²) in [4.78, 5) is 0. The van der Waals surface area contributed by atoms with Crippen LogP contribution in [0.5, 0.6) is 0 Å². The van der Waals surface area contributed by atoms with Crippen LogP contribution < -0.4 is 5.32 Å². The van der Waals surface area contributed by atoms with Crippen molar-refractivity contribution < 1.29 is 0 Å². The molecule has 0 saturated heterocycles. The Balaban J connectivity index is 1.79. The summed E-state index contributed by atoms with van der Waals surface area (Å²) in [6.07, 6.45) is 31.7. The van der Waals surface area contributed by atoms with Crippen molar-refractivity contribution in [3.05, 3.63) is 12.2 Å². The SMILES string of the molecule is CCCCCCCC/C=C/CCCCCCCCC1(NC)CCCC1. The van der Waals surface area contributed by atoms with Gasteiger partial charge in [0.15, 0.2) is 0 Å². The predicted molar refractivity (Wildman–Crippen MR) is 114 cm³/mol. The van der Waals surface area contributed by atoms with Gasteiger partial charge in [-0.2, -0.15) is 0 Å². The van der Waals surface area contributed by atoms with Gasteiger partial charge in [-0.3, -0.25) is 0 Å². The van der Waals surface area contributed by atoms with E-state index in [2.05, 4.69) is 31.4 Å². The third-order valence-corrected chi connectivity index (χ3v) is 6.26. The second-order valence-electron chi connectivity index (χ2n) is 8.43. The van der Waals surface area contributed by atoms with Crippen molar-refractivity contribution in [1.29, 1.82) is 0 Å². The summed E-state index contributed by atoms with van der Waals surface area (Å²) >= 11 is 0. The van der Waals surface area contributed by atoms with Gasteiger partial charge in [0, 0.05) is 5.54 Å². The minimum Gasteiger partial charge on any atom is -0.314 e. The topological polar surface area (TPSA) is 12.0 Å². The minimum atomic E-state index is 0.515. The van der Waals surface area contributed by atoms with E-state index in [1.54, 1.807) is 0 Å². The average molecular weight is 350 g/mol. The van der Waals surface area contributed by atoms with E-state index in [1.807, 2.05) is 0 Å². The van der Waals surface area contributed by atoms with Crippen LogP contribution in [0.2, 0.25) is 0 Å². The molecule has 1 rings (SSSR count). The molecule has 0 aromatic heterocycles. The summed E-state index contributed by atoms with van der Waals surface area (Å²) in [6.45, 7) is 2.29. The van der Waals surface area contributed by atoms with Crippen LogP contribution in [0.15, 0.2) is 12.2 Å². The number of rotatable bonds is 17. The first-order chi connectivity index (χ1) is 12.3. The lowest BCUT2D eigenvalue weighted by atomic mass is 9.90. The molecule has 0 heterocycles. The molecule has 0 atom stereocenters. The molecule has 148 valence electrons. The zero-order chi connectivity index (χ0) is 18.1. The molecule has 1 nitrogen and oxygen atoms in total. The highest BCUT2D eigenvalue weighted by Crippen LogP contribution is 2.33. The van der Waals surface area contributed by atoms with Crippen molar-refractivity contribution in [2.75, 3.05) is 7.05 Å². The first-order valence-corrected chi connectivity index (χ1v) is 11.7. The summed E-state index contributed by atoms with van der Waals surface area (Å²) in [6, 6.07) is 0. The van der Waals surface area contributed by atoms with Gasteiger partial charge in [0.2, 0.25) is 0 Å². The lowest BCUT2D eigenvalue weighted by Gasteiger charge is -2.28. The Bertz CT molecular complexity index is 301. The molecule has 0 aromatic rings. The Hall–Kier alpha value is -0.300. The number of allylic oxidation sites excluding steroid dienone is 2. The summed E-state index contributed by atoms with van der Waals surface area (Å²) in [5.41, 5.74) is 0.515. The normalized spacial score (nSPS) is 16.9.